The standard InChI is InChI=1S/C19H44O2Si2/c1-7-14-18(9-3,10-4)20-22-16-13-17-23-21-19(11-5,12-6)15-8-2/h7-17,22-23H2,1-6H3. The van der Waals surface area contributed by atoms with Crippen LogP contribution in [0.2, 0.25) is 12.1 Å². The summed E-state index contributed by atoms with van der Waals surface area (Å²) < 4.78 is 12.8. The summed E-state index contributed by atoms with van der Waals surface area (Å²) in [6.07, 6.45) is 11.0. The van der Waals surface area contributed by atoms with Gasteiger partial charge in [0.05, 0.1) is 11.2 Å². The molecular formula is C19H44O2Si2. The lowest BCUT2D eigenvalue weighted by molar-refractivity contribution is 0.0530. The minimum absolute atomic E-state index is 0.204. The van der Waals surface area contributed by atoms with E-state index in [9.17, 15) is 0 Å². The van der Waals surface area contributed by atoms with E-state index in [2.05, 4.69) is 41.5 Å². The van der Waals surface area contributed by atoms with Crippen LogP contribution >= 0.6 is 0 Å². The molecule has 0 N–H and O–H groups in total. The maximum Gasteiger partial charge on any atom is 0.162 e. The lowest BCUT2D eigenvalue weighted by atomic mass is 9.92. The quantitative estimate of drug-likeness (QED) is 0.280. The van der Waals surface area contributed by atoms with Gasteiger partial charge in [0.1, 0.15) is 0 Å². The molecule has 0 spiro atoms. The van der Waals surface area contributed by atoms with E-state index >= 15 is 0 Å². The van der Waals surface area contributed by atoms with Crippen LogP contribution < -0.4 is 0 Å². The summed E-state index contributed by atoms with van der Waals surface area (Å²) in [4.78, 5) is 0. The zero-order valence-electron chi connectivity index (χ0n) is 17.0. The van der Waals surface area contributed by atoms with E-state index < -0.39 is 0 Å². The minimum Gasteiger partial charge on any atom is -0.419 e. The molecule has 0 bridgehead atoms. The van der Waals surface area contributed by atoms with Gasteiger partial charge in [-0.1, -0.05) is 60.8 Å². The average Bonchev–Trinajstić information content (AvgIpc) is 2.59. The minimum atomic E-state index is -0.351. The van der Waals surface area contributed by atoms with E-state index in [1.54, 1.807) is 0 Å². The van der Waals surface area contributed by atoms with Gasteiger partial charge in [0.2, 0.25) is 0 Å². The molecule has 0 aromatic heterocycles. The summed E-state index contributed by atoms with van der Waals surface area (Å²) in [5.41, 5.74) is 0.408. The number of rotatable bonds is 16. The molecule has 0 amide bonds. The van der Waals surface area contributed by atoms with Crippen LogP contribution in [0.1, 0.15) is 99.3 Å². The van der Waals surface area contributed by atoms with Crippen molar-refractivity contribution in [3.8, 4) is 0 Å². The van der Waals surface area contributed by atoms with Crippen molar-refractivity contribution in [1.82, 2.24) is 0 Å². The lowest BCUT2D eigenvalue weighted by Crippen LogP contribution is -2.33. The highest BCUT2D eigenvalue weighted by atomic mass is 28.2. The van der Waals surface area contributed by atoms with E-state index in [-0.39, 0.29) is 30.7 Å². The first-order valence-corrected chi connectivity index (χ1v) is 13.5. The maximum atomic E-state index is 6.41. The van der Waals surface area contributed by atoms with E-state index in [4.69, 9.17) is 8.85 Å². The highest BCUT2D eigenvalue weighted by Gasteiger charge is 2.26. The molecule has 0 aliphatic rings. The van der Waals surface area contributed by atoms with Gasteiger partial charge in [-0.05, 0) is 50.6 Å². The van der Waals surface area contributed by atoms with E-state index in [1.165, 1.54) is 69.9 Å². The van der Waals surface area contributed by atoms with E-state index in [1.807, 2.05) is 0 Å². The van der Waals surface area contributed by atoms with Crippen LogP contribution in [0.3, 0.4) is 0 Å². The Morgan fingerprint density at radius 3 is 1.22 bits per heavy atom. The predicted octanol–water partition coefficient (Wildman–Crippen LogP) is 5.13. The molecular weight excluding hydrogens is 316 g/mol. The van der Waals surface area contributed by atoms with Crippen molar-refractivity contribution in [2.75, 3.05) is 0 Å². The van der Waals surface area contributed by atoms with Gasteiger partial charge in [-0.3, -0.25) is 0 Å². The predicted molar refractivity (Wildman–Crippen MR) is 110 cm³/mol. The molecule has 0 aromatic rings. The van der Waals surface area contributed by atoms with Crippen LogP contribution in [0.15, 0.2) is 0 Å². The monoisotopic (exact) mass is 360 g/mol. The van der Waals surface area contributed by atoms with Gasteiger partial charge >= 0.3 is 0 Å². The molecule has 2 nitrogen and oxygen atoms in total. The molecule has 0 fully saturated rings. The van der Waals surface area contributed by atoms with Gasteiger partial charge in [0, 0.05) is 0 Å². The maximum absolute atomic E-state index is 6.41. The molecule has 0 aromatic carbocycles. The average molecular weight is 361 g/mol. The van der Waals surface area contributed by atoms with Gasteiger partial charge in [-0.15, -0.1) is 0 Å². The number of hydrogen-bond donors (Lipinski definition) is 0. The smallest absolute Gasteiger partial charge is 0.162 e. The van der Waals surface area contributed by atoms with Crippen molar-refractivity contribution >= 4 is 19.5 Å². The number of hydrogen-bond acceptors (Lipinski definition) is 2. The molecule has 0 saturated heterocycles. The summed E-state index contributed by atoms with van der Waals surface area (Å²) in [5, 5.41) is 0. The van der Waals surface area contributed by atoms with Crippen molar-refractivity contribution in [2.45, 2.75) is 123 Å². The topological polar surface area (TPSA) is 18.5 Å². The molecule has 0 aliphatic heterocycles. The molecule has 140 valence electrons. The Morgan fingerprint density at radius 2 is 0.957 bits per heavy atom. The normalized spacial score (nSPS) is 13.8. The third-order valence-corrected chi connectivity index (χ3v) is 8.80. The second-order valence-electron chi connectivity index (χ2n) is 7.04. The fraction of sp³-hybridized carbons (Fsp3) is 1.00. The van der Waals surface area contributed by atoms with Crippen molar-refractivity contribution in [1.29, 1.82) is 0 Å². The Hall–Kier alpha value is 0.354. The van der Waals surface area contributed by atoms with Crippen LogP contribution in [0.25, 0.3) is 0 Å². The van der Waals surface area contributed by atoms with Gasteiger partial charge < -0.3 is 8.85 Å². The Labute approximate surface area is 151 Å². The largest absolute Gasteiger partial charge is 0.419 e. The van der Waals surface area contributed by atoms with Gasteiger partial charge in [0.15, 0.2) is 19.5 Å². The highest BCUT2D eigenvalue weighted by Crippen LogP contribution is 2.27. The van der Waals surface area contributed by atoms with Crippen LogP contribution in [0.5, 0.6) is 0 Å². The molecule has 0 rings (SSSR count). The van der Waals surface area contributed by atoms with Crippen molar-refractivity contribution in [2.24, 2.45) is 0 Å². The second-order valence-corrected chi connectivity index (χ2v) is 9.85. The summed E-state index contributed by atoms with van der Waals surface area (Å²) in [6.45, 7) is 13.7. The molecule has 0 saturated carbocycles. The van der Waals surface area contributed by atoms with Gasteiger partial charge in [0.25, 0.3) is 0 Å². The molecule has 0 unspecified atom stereocenters. The van der Waals surface area contributed by atoms with Crippen molar-refractivity contribution < 1.29 is 8.85 Å². The van der Waals surface area contributed by atoms with Crippen molar-refractivity contribution in [3.63, 3.8) is 0 Å². The Balaban J connectivity index is 3.92. The van der Waals surface area contributed by atoms with Crippen molar-refractivity contribution in [3.05, 3.63) is 0 Å². The van der Waals surface area contributed by atoms with Crippen LogP contribution in [0.4, 0.5) is 0 Å². The van der Waals surface area contributed by atoms with Crippen LogP contribution in [-0.4, -0.2) is 30.7 Å². The summed E-state index contributed by atoms with van der Waals surface area (Å²) in [6, 6.07) is 2.67. The van der Waals surface area contributed by atoms with E-state index in [0.29, 0.717) is 0 Å². The molecule has 23 heavy (non-hydrogen) atoms. The van der Waals surface area contributed by atoms with Gasteiger partial charge in [-0.25, -0.2) is 0 Å². The summed E-state index contributed by atoms with van der Waals surface area (Å²) in [7, 11) is -0.701. The molecule has 0 radical (unpaired) electrons. The molecule has 4 heteroatoms. The SMILES string of the molecule is CCCC(CC)(CC)O[SiH2]CCC[SiH2]OC(CC)(CC)CCC. The molecule has 0 aliphatic carbocycles. The Kier molecular flexibility index (Phi) is 13.8. The fourth-order valence-corrected chi connectivity index (χ4v) is 7.71. The zero-order valence-corrected chi connectivity index (χ0v) is 19.8. The Bertz CT molecular complexity index is 238. The summed E-state index contributed by atoms with van der Waals surface area (Å²) >= 11 is 0. The Morgan fingerprint density at radius 1 is 0.609 bits per heavy atom. The van der Waals surface area contributed by atoms with Crippen LogP contribution in [0, 0.1) is 0 Å². The zero-order chi connectivity index (χ0) is 17.6. The fourth-order valence-electron chi connectivity index (χ4n) is 3.63. The first-order valence-electron chi connectivity index (χ1n) is 10.3. The molecule has 0 heterocycles. The van der Waals surface area contributed by atoms with Crippen LogP contribution in [-0.2, 0) is 8.85 Å². The molecule has 0 atom stereocenters. The first kappa shape index (κ1) is 23.4. The highest BCUT2D eigenvalue weighted by molar-refractivity contribution is 6.29. The second kappa shape index (κ2) is 13.6. The first-order chi connectivity index (χ1) is 11.1. The third kappa shape index (κ3) is 8.85. The summed E-state index contributed by atoms with van der Waals surface area (Å²) in [5.74, 6) is 0. The lowest BCUT2D eigenvalue weighted by Gasteiger charge is -2.33. The third-order valence-electron chi connectivity index (χ3n) is 5.59. The van der Waals surface area contributed by atoms with E-state index in [0.717, 1.165) is 0 Å². The van der Waals surface area contributed by atoms with Gasteiger partial charge in [-0.2, -0.15) is 0 Å².